The largest absolute Gasteiger partial charge is 0.451 e. The molecule has 3 aromatic rings. The molecule has 6 rings (SSSR count). The standard InChI is InChI=1S/C18H19FN2O2.C7H8O3S/c19-14-3-1-2-13(10-14)16-4-5-17(23-16)18(22)20-15-11-21-8-6-12(15)7-9-21;1-6-2-4-7(5-3-6)11(8,9)10/h1-5,10,12,15H,6-9,11H2,(H,20,22);2-5H,1H3,(H,8,9,10)/t15-;/m0./s1. The van der Waals surface area contributed by atoms with E-state index < -0.39 is 10.1 Å². The van der Waals surface area contributed by atoms with Crippen LogP contribution in [0.3, 0.4) is 0 Å². The SMILES string of the molecule is Cc1ccc(S(=O)(=O)O)cc1.O=C(N[C@H]1CN2CCC1CC2)c1ccc(-c2cccc(F)c2)o1. The van der Waals surface area contributed by atoms with E-state index in [0.29, 0.717) is 17.2 Å². The summed E-state index contributed by atoms with van der Waals surface area (Å²) >= 11 is 0. The van der Waals surface area contributed by atoms with E-state index in [0.717, 1.165) is 38.0 Å². The molecule has 0 saturated carbocycles. The van der Waals surface area contributed by atoms with Gasteiger partial charge in [-0.15, -0.1) is 0 Å². The Morgan fingerprint density at radius 2 is 1.79 bits per heavy atom. The lowest BCUT2D eigenvalue weighted by molar-refractivity contribution is 0.0606. The van der Waals surface area contributed by atoms with E-state index in [1.165, 1.54) is 24.3 Å². The Morgan fingerprint density at radius 1 is 1.09 bits per heavy atom. The Kier molecular flexibility index (Phi) is 7.16. The average Bonchev–Trinajstić information content (AvgIpc) is 3.31. The number of nitrogens with zero attached hydrogens (tertiary/aromatic N) is 1. The second kappa shape index (κ2) is 10.1. The van der Waals surface area contributed by atoms with E-state index in [-0.39, 0.29) is 28.4 Å². The number of nitrogens with one attached hydrogen (secondary N) is 1. The molecule has 3 aliphatic rings. The number of rotatable bonds is 4. The van der Waals surface area contributed by atoms with Crippen LogP contribution in [0.1, 0.15) is 29.0 Å². The summed E-state index contributed by atoms with van der Waals surface area (Å²) in [4.78, 5) is 14.7. The van der Waals surface area contributed by atoms with Crippen LogP contribution in [0, 0.1) is 18.7 Å². The molecule has 0 aliphatic carbocycles. The fraction of sp³-hybridized carbons (Fsp3) is 0.320. The highest BCUT2D eigenvalue weighted by atomic mass is 32.2. The third-order valence-corrected chi connectivity index (χ3v) is 7.10. The zero-order chi connectivity index (χ0) is 24.3. The molecule has 3 aliphatic heterocycles. The summed E-state index contributed by atoms with van der Waals surface area (Å²) in [5, 5.41) is 3.09. The van der Waals surface area contributed by atoms with Crippen LogP contribution in [0.15, 0.2) is 70.0 Å². The van der Waals surface area contributed by atoms with Crippen molar-refractivity contribution in [3.05, 3.63) is 77.8 Å². The molecule has 180 valence electrons. The van der Waals surface area contributed by atoms with Gasteiger partial charge in [-0.1, -0.05) is 29.8 Å². The van der Waals surface area contributed by atoms with Crippen molar-refractivity contribution in [2.45, 2.75) is 30.7 Å². The number of carbonyl (C=O) groups excluding carboxylic acids is 1. The molecular weight excluding hydrogens is 459 g/mol. The molecule has 34 heavy (non-hydrogen) atoms. The molecule has 0 unspecified atom stereocenters. The van der Waals surface area contributed by atoms with E-state index in [2.05, 4.69) is 10.2 Å². The highest BCUT2D eigenvalue weighted by Crippen LogP contribution is 2.28. The van der Waals surface area contributed by atoms with Gasteiger partial charge in [0.25, 0.3) is 16.0 Å². The number of hydrogen-bond donors (Lipinski definition) is 2. The molecule has 2 aromatic carbocycles. The van der Waals surface area contributed by atoms with Crippen LogP contribution in [0.2, 0.25) is 0 Å². The van der Waals surface area contributed by atoms with Gasteiger partial charge in [0.05, 0.1) is 4.90 Å². The van der Waals surface area contributed by atoms with Crippen LogP contribution in [0.4, 0.5) is 4.39 Å². The van der Waals surface area contributed by atoms with Crippen molar-refractivity contribution in [1.29, 1.82) is 0 Å². The zero-order valence-electron chi connectivity index (χ0n) is 18.8. The quantitative estimate of drug-likeness (QED) is 0.538. The number of benzene rings is 2. The minimum absolute atomic E-state index is 0.0666. The van der Waals surface area contributed by atoms with E-state index in [9.17, 15) is 17.6 Å². The Morgan fingerprint density at radius 3 is 2.38 bits per heavy atom. The first-order valence-corrected chi connectivity index (χ1v) is 12.6. The lowest BCUT2D eigenvalue weighted by Crippen LogP contribution is -2.57. The number of amides is 1. The number of hydrogen-bond acceptors (Lipinski definition) is 5. The molecule has 1 aromatic heterocycles. The molecule has 3 saturated heterocycles. The molecule has 9 heteroatoms. The predicted octanol–water partition coefficient (Wildman–Crippen LogP) is 4.15. The Labute approximate surface area is 198 Å². The third-order valence-electron chi connectivity index (χ3n) is 6.23. The summed E-state index contributed by atoms with van der Waals surface area (Å²) in [5.41, 5.74) is 1.59. The molecule has 2 N–H and O–H groups in total. The van der Waals surface area contributed by atoms with Crippen molar-refractivity contribution in [2.75, 3.05) is 19.6 Å². The van der Waals surface area contributed by atoms with Gasteiger partial charge >= 0.3 is 0 Å². The molecule has 0 radical (unpaired) electrons. The van der Waals surface area contributed by atoms with Gasteiger partial charge < -0.3 is 14.6 Å². The van der Waals surface area contributed by atoms with Crippen molar-refractivity contribution in [3.8, 4) is 11.3 Å². The lowest BCUT2D eigenvalue weighted by Gasteiger charge is -2.44. The highest BCUT2D eigenvalue weighted by molar-refractivity contribution is 7.85. The molecule has 7 nitrogen and oxygen atoms in total. The fourth-order valence-corrected chi connectivity index (χ4v) is 4.82. The van der Waals surface area contributed by atoms with Crippen LogP contribution < -0.4 is 5.32 Å². The molecule has 3 fully saturated rings. The number of piperidine rings is 3. The van der Waals surface area contributed by atoms with Crippen LogP contribution in [-0.4, -0.2) is 49.5 Å². The molecule has 0 spiro atoms. The van der Waals surface area contributed by atoms with Gasteiger partial charge in [0.15, 0.2) is 5.76 Å². The van der Waals surface area contributed by atoms with Crippen molar-refractivity contribution in [3.63, 3.8) is 0 Å². The van der Waals surface area contributed by atoms with Crippen LogP contribution in [0.5, 0.6) is 0 Å². The fourth-order valence-electron chi connectivity index (χ4n) is 4.34. The van der Waals surface area contributed by atoms with Gasteiger partial charge in [-0.25, -0.2) is 4.39 Å². The molecule has 2 bridgehead atoms. The summed E-state index contributed by atoms with van der Waals surface area (Å²) in [7, 11) is -4.02. The summed E-state index contributed by atoms with van der Waals surface area (Å²) in [6, 6.07) is 15.7. The number of aryl methyl sites for hydroxylation is 1. The maximum absolute atomic E-state index is 13.3. The van der Waals surface area contributed by atoms with Gasteiger partial charge in [0.1, 0.15) is 11.6 Å². The number of fused-ring (bicyclic) bond motifs is 3. The Bertz CT molecular complexity index is 1250. The maximum Gasteiger partial charge on any atom is 0.294 e. The first-order valence-electron chi connectivity index (χ1n) is 11.1. The van der Waals surface area contributed by atoms with E-state index in [4.69, 9.17) is 8.97 Å². The summed E-state index contributed by atoms with van der Waals surface area (Å²) < 4.78 is 48.5. The van der Waals surface area contributed by atoms with Crippen molar-refractivity contribution >= 4 is 16.0 Å². The molecular formula is C25H27FN2O5S. The second-order valence-electron chi connectivity index (χ2n) is 8.68. The highest BCUT2D eigenvalue weighted by Gasteiger charge is 2.35. The first-order chi connectivity index (χ1) is 16.2. The molecule has 4 heterocycles. The third kappa shape index (κ3) is 5.91. The second-order valence-corrected chi connectivity index (χ2v) is 10.1. The van der Waals surface area contributed by atoms with Gasteiger partial charge in [-0.2, -0.15) is 8.42 Å². The Balaban J connectivity index is 0.000000210. The maximum atomic E-state index is 13.3. The number of furan rings is 1. The lowest BCUT2D eigenvalue weighted by atomic mass is 9.84. The minimum Gasteiger partial charge on any atom is -0.451 e. The summed E-state index contributed by atoms with van der Waals surface area (Å²) in [6.45, 7) is 5.05. The van der Waals surface area contributed by atoms with Gasteiger partial charge in [0.2, 0.25) is 0 Å². The van der Waals surface area contributed by atoms with Crippen molar-refractivity contribution in [2.24, 2.45) is 5.92 Å². The van der Waals surface area contributed by atoms with E-state index in [1.807, 2.05) is 6.92 Å². The molecule has 1 amide bonds. The van der Waals surface area contributed by atoms with Crippen molar-refractivity contribution < 1.29 is 26.6 Å². The Hall–Kier alpha value is -3.01. The van der Waals surface area contributed by atoms with Gasteiger partial charge in [0, 0.05) is 18.2 Å². The normalized spacial score (nSPS) is 21.4. The van der Waals surface area contributed by atoms with Crippen molar-refractivity contribution in [1.82, 2.24) is 10.2 Å². The van der Waals surface area contributed by atoms with Crippen LogP contribution >= 0.6 is 0 Å². The number of halogens is 1. The number of carbonyl (C=O) groups is 1. The molecule has 1 atom stereocenters. The monoisotopic (exact) mass is 486 g/mol. The van der Waals surface area contributed by atoms with E-state index in [1.54, 1.807) is 36.4 Å². The van der Waals surface area contributed by atoms with Gasteiger partial charge in [-0.05, 0) is 75.2 Å². The smallest absolute Gasteiger partial charge is 0.294 e. The first kappa shape index (κ1) is 24.1. The summed E-state index contributed by atoms with van der Waals surface area (Å²) in [6.07, 6.45) is 2.30. The van der Waals surface area contributed by atoms with Crippen LogP contribution in [-0.2, 0) is 10.1 Å². The zero-order valence-corrected chi connectivity index (χ0v) is 19.6. The topological polar surface area (TPSA) is 99.8 Å². The van der Waals surface area contributed by atoms with Gasteiger partial charge in [-0.3, -0.25) is 9.35 Å². The average molecular weight is 487 g/mol. The predicted molar refractivity (Wildman–Crippen MR) is 126 cm³/mol. The summed E-state index contributed by atoms with van der Waals surface area (Å²) in [5.74, 6) is 0.842. The van der Waals surface area contributed by atoms with Crippen LogP contribution in [0.25, 0.3) is 11.3 Å². The minimum atomic E-state index is -4.02. The van der Waals surface area contributed by atoms with E-state index >= 15 is 0 Å².